The number of hydrogen-bond donors (Lipinski definition) is 1. The Morgan fingerprint density at radius 2 is 1.97 bits per heavy atom. The van der Waals surface area contributed by atoms with Crippen LogP contribution in [0.4, 0.5) is 14.7 Å². The molecule has 0 radical (unpaired) electrons. The molecular formula is C21H25F2N5O. The summed E-state index contributed by atoms with van der Waals surface area (Å²) in [6.45, 7) is 5.47. The third-order valence-electron chi connectivity index (χ3n) is 5.95. The van der Waals surface area contributed by atoms with E-state index in [9.17, 15) is 13.6 Å². The summed E-state index contributed by atoms with van der Waals surface area (Å²) < 4.78 is 26.7. The highest BCUT2D eigenvalue weighted by molar-refractivity contribution is 5.92. The lowest BCUT2D eigenvalue weighted by molar-refractivity contribution is 0.0670. The lowest BCUT2D eigenvalue weighted by Gasteiger charge is -2.40. The summed E-state index contributed by atoms with van der Waals surface area (Å²) in [4.78, 5) is 25.2. The molecule has 2 N–H and O–H groups in total. The Hall–Kier alpha value is -2.61. The van der Waals surface area contributed by atoms with E-state index in [1.54, 1.807) is 19.1 Å². The number of carbonyl (C=O) groups excluding carboxylic acids is 1. The van der Waals surface area contributed by atoms with Gasteiger partial charge in [0.15, 0.2) is 11.6 Å². The molecule has 0 unspecified atom stereocenters. The molecule has 1 aromatic carbocycles. The highest BCUT2D eigenvalue weighted by Crippen LogP contribution is 2.39. The Morgan fingerprint density at radius 1 is 1.14 bits per heavy atom. The normalized spacial score (nSPS) is 22.4. The second kappa shape index (κ2) is 7.67. The van der Waals surface area contributed by atoms with Gasteiger partial charge < -0.3 is 10.6 Å². The molecule has 6 nitrogen and oxygen atoms in total. The monoisotopic (exact) mass is 401 g/mol. The molecule has 1 spiro atoms. The number of aryl methyl sites for hydroxylation is 1. The van der Waals surface area contributed by atoms with Gasteiger partial charge in [-0.3, -0.25) is 9.69 Å². The Morgan fingerprint density at radius 3 is 2.72 bits per heavy atom. The molecule has 0 aliphatic carbocycles. The highest BCUT2D eigenvalue weighted by Gasteiger charge is 2.43. The van der Waals surface area contributed by atoms with E-state index in [-0.39, 0.29) is 17.3 Å². The third-order valence-corrected chi connectivity index (χ3v) is 5.95. The van der Waals surface area contributed by atoms with Gasteiger partial charge in [0.05, 0.1) is 0 Å². The number of hydrogen-bond acceptors (Lipinski definition) is 5. The Balaban J connectivity index is 1.43. The number of carbonyl (C=O) groups is 1. The minimum absolute atomic E-state index is 0.0279. The molecule has 3 heterocycles. The smallest absolute Gasteiger partial charge is 0.272 e. The van der Waals surface area contributed by atoms with Crippen molar-refractivity contribution in [2.24, 2.45) is 5.41 Å². The van der Waals surface area contributed by atoms with Crippen LogP contribution in [0, 0.1) is 24.0 Å². The van der Waals surface area contributed by atoms with Gasteiger partial charge in [-0.15, -0.1) is 0 Å². The maximum Gasteiger partial charge on any atom is 0.272 e. The molecule has 2 fully saturated rings. The van der Waals surface area contributed by atoms with Crippen LogP contribution in [0.15, 0.2) is 24.3 Å². The molecule has 0 bridgehead atoms. The average Bonchev–Trinajstić information content (AvgIpc) is 3.06. The van der Waals surface area contributed by atoms with Crippen molar-refractivity contribution in [3.63, 3.8) is 0 Å². The van der Waals surface area contributed by atoms with Crippen molar-refractivity contribution in [2.45, 2.75) is 32.7 Å². The molecule has 29 heavy (non-hydrogen) atoms. The minimum atomic E-state index is -0.825. The number of anilines is 1. The highest BCUT2D eigenvalue weighted by atomic mass is 19.2. The van der Waals surface area contributed by atoms with Gasteiger partial charge in [0.1, 0.15) is 5.69 Å². The van der Waals surface area contributed by atoms with Crippen molar-refractivity contribution < 1.29 is 13.6 Å². The van der Waals surface area contributed by atoms with Crippen LogP contribution < -0.4 is 5.73 Å². The van der Waals surface area contributed by atoms with Crippen LogP contribution in [-0.4, -0.2) is 51.9 Å². The summed E-state index contributed by atoms with van der Waals surface area (Å²) in [7, 11) is 0. The zero-order valence-electron chi connectivity index (χ0n) is 16.5. The number of benzene rings is 1. The SMILES string of the molecule is Cc1cc(C(=O)N2CC[C@@]3(CCCN(Cc4ccc(F)c(F)c4)C3)C2)nc(N)n1. The van der Waals surface area contributed by atoms with Crippen molar-refractivity contribution in [2.75, 3.05) is 31.9 Å². The first kappa shape index (κ1) is 19.7. The molecule has 4 rings (SSSR count). The van der Waals surface area contributed by atoms with Gasteiger partial charge in [-0.1, -0.05) is 6.07 Å². The number of nitrogens with zero attached hydrogens (tertiary/aromatic N) is 4. The first-order chi connectivity index (χ1) is 13.8. The Bertz CT molecular complexity index is 917. The molecule has 0 saturated carbocycles. The zero-order valence-corrected chi connectivity index (χ0v) is 16.5. The van der Waals surface area contributed by atoms with Crippen LogP contribution in [0.25, 0.3) is 0 Å². The number of rotatable bonds is 3. The fourth-order valence-electron chi connectivity index (χ4n) is 4.65. The standard InChI is InChI=1S/C21H25F2N5O/c1-14-9-18(26-20(24)25-14)19(29)28-8-6-21(13-28)5-2-7-27(12-21)11-15-3-4-16(22)17(23)10-15/h3-4,9-10H,2,5-8,11-13H2,1H3,(H2,24,25,26)/t21-/m1/s1. The molecule has 154 valence electrons. The van der Waals surface area contributed by atoms with Crippen LogP contribution in [0.3, 0.4) is 0 Å². The lowest BCUT2D eigenvalue weighted by atomic mass is 9.79. The summed E-state index contributed by atoms with van der Waals surface area (Å²) in [6.07, 6.45) is 2.99. The molecule has 1 aromatic heterocycles. The predicted molar refractivity (Wildman–Crippen MR) is 105 cm³/mol. The number of halogens is 2. The van der Waals surface area contributed by atoms with Crippen molar-refractivity contribution in [3.05, 3.63) is 52.9 Å². The molecule has 2 saturated heterocycles. The van der Waals surface area contributed by atoms with Crippen molar-refractivity contribution >= 4 is 11.9 Å². The maximum absolute atomic E-state index is 13.5. The third kappa shape index (κ3) is 4.22. The summed E-state index contributed by atoms with van der Waals surface area (Å²) in [5, 5.41) is 0. The Kier molecular flexibility index (Phi) is 5.21. The fourth-order valence-corrected chi connectivity index (χ4v) is 4.65. The van der Waals surface area contributed by atoms with Crippen LogP contribution in [0.1, 0.15) is 41.0 Å². The number of nitrogen functional groups attached to an aromatic ring is 1. The zero-order chi connectivity index (χ0) is 20.6. The van der Waals surface area contributed by atoms with Gasteiger partial charge in [0.2, 0.25) is 5.95 Å². The second-order valence-electron chi connectivity index (χ2n) is 8.29. The molecule has 1 amide bonds. The second-order valence-corrected chi connectivity index (χ2v) is 8.29. The predicted octanol–water partition coefficient (Wildman–Crippen LogP) is 2.77. The number of likely N-dealkylation sites (tertiary alicyclic amines) is 2. The molecule has 2 aliphatic heterocycles. The van der Waals surface area contributed by atoms with E-state index >= 15 is 0 Å². The number of amides is 1. The fraction of sp³-hybridized carbons (Fsp3) is 0.476. The topological polar surface area (TPSA) is 75.4 Å². The van der Waals surface area contributed by atoms with E-state index in [0.717, 1.165) is 37.9 Å². The van der Waals surface area contributed by atoms with E-state index < -0.39 is 11.6 Å². The van der Waals surface area contributed by atoms with Crippen LogP contribution in [-0.2, 0) is 6.54 Å². The molecule has 1 atom stereocenters. The van der Waals surface area contributed by atoms with E-state index in [1.807, 2.05) is 4.90 Å². The van der Waals surface area contributed by atoms with E-state index in [4.69, 9.17) is 5.73 Å². The summed E-state index contributed by atoms with van der Waals surface area (Å²) >= 11 is 0. The molecular weight excluding hydrogens is 376 g/mol. The average molecular weight is 401 g/mol. The first-order valence-electron chi connectivity index (χ1n) is 9.90. The van der Waals surface area contributed by atoms with Crippen LogP contribution in [0.2, 0.25) is 0 Å². The van der Waals surface area contributed by atoms with Crippen molar-refractivity contribution in [1.29, 1.82) is 0 Å². The maximum atomic E-state index is 13.5. The van der Waals surface area contributed by atoms with Gasteiger partial charge >= 0.3 is 0 Å². The molecule has 2 aliphatic rings. The van der Waals surface area contributed by atoms with Gasteiger partial charge in [-0.25, -0.2) is 18.7 Å². The van der Waals surface area contributed by atoms with Gasteiger partial charge in [0.25, 0.3) is 5.91 Å². The van der Waals surface area contributed by atoms with E-state index in [1.165, 1.54) is 12.1 Å². The van der Waals surface area contributed by atoms with Crippen molar-refractivity contribution in [1.82, 2.24) is 19.8 Å². The van der Waals surface area contributed by atoms with E-state index in [2.05, 4.69) is 14.9 Å². The van der Waals surface area contributed by atoms with Crippen LogP contribution in [0.5, 0.6) is 0 Å². The molecule has 8 heteroatoms. The summed E-state index contributed by atoms with van der Waals surface area (Å²) in [5.41, 5.74) is 7.49. The number of piperidine rings is 1. The molecule has 2 aromatic rings. The minimum Gasteiger partial charge on any atom is -0.368 e. The lowest BCUT2D eigenvalue weighted by Crippen LogP contribution is -2.45. The van der Waals surface area contributed by atoms with Gasteiger partial charge in [-0.05, 0) is 56.5 Å². The van der Waals surface area contributed by atoms with E-state index in [0.29, 0.717) is 31.0 Å². The largest absolute Gasteiger partial charge is 0.368 e. The van der Waals surface area contributed by atoms with Gasteiger partial charge in [-0.2, -0.15) is 0 Å². The summed E-state index contributed by atoms with van der Waals surface area (Å²) in [6, 6.07) is 5.74. The Labute approximate surface area is 168 Å². The number of aromatic nitrogens is 2. The quantitative estimate of drug-likeness (QED) is 0.856. The first-order valence-corrected chi connectivity index (χ1v) is 9.90. The van der Waals surface area contributed by atoms with Crippen molar-refractivity contribution in [3.8, 4) is 0 Å². The van der Waals surface area contributed by atoms with Gasteiger partial charge in [0, 0.05) is 37.3 Å². The van der Waals surface area contributed by atoms with Crippen LogP contribution >= 0.6 is 0 Å². The number of nitrogens with two attached hydrogens (primary N) is 1. The summed E-state index contributed by atoms with van der Waals surface area (Å²) in [5.74, 6) is -1.64.